The lowest BCUT2D eigenvalue weighted by Gasteiger charge is -2.40. The van der Waals surface area contributed by atoms with Crippen molar-refractivity contribution in [2.45, 2.75) is 45.6 Å². The largest absolute Gasteiger partial charge is 0.339 e. The van der Waals surface area contributed by atoms with Gasteiger partial charge in [0, 0.05) is 50.7 Å². The summed E-state index contributed by atoms with van der Waals surface area (Å²) in [6.07, 6.45) is 3.78. The first-order chi connectivity index (χ1) is 14.5. The van der Waals surface area contributed by atoms with Gasteiger partial charge in [0.05, 0.1) is 5.92 Å². The van der Waals surface area contributed by atoms with Crippen molar-refractivity contribution in [1.29, 1.82) is 0 Å². The van der Waals surface area contributed by atoms with E-state index in [2.05, 4.69) is 13.8 Å². The Morgan fingerprint density at radius 2 is 1.60 bits per heavy atom. The molecule has 0 spiro atoms. The first kappa shape index (κ1) is 20.9. The van der Waals surface area contributed by atoms with Gasteiger partial charge in [0.25, 0.3) is 5.91 Å². The van der Waals surface area contributed by atoms with E-state index in [-0.39, 0.29) is 29.7 Å². The van der Waals surface area contributed by atoms with Crippen molar-refractivity contribution in [3.05, 3.63) is 35.9 Å². The molecule has 0 N–H and O–H groups in total. The summed E-state index contributed by atoms with van der Waals surface area (Å²) < 4.78 is 0. The molecule has 0 radical (unpaired) electrons. The summed E-state index contributed by atoms with van der Waals surface area (Å²) in [7, 11) is 0. The number of hydrogen-bond donors (Lipinski definition) is 0. The number of amides is 3. The van der Waals surface area contributed by atoms with Crippen molar-refractivity contribution < 1.29 is 14.4 Å². The topological polar surface area (TPSA) is 60.9 Å². The van der Waals surface area contributed by atoms with E-state index in [4.69, 9.17) is 0 Å². The molecule has 1 aliphatic carbocycles. The molecule has 1 aromatic rings. The molecule has 0 aromatic heterocycles. The molecular formula is C24H33N3O3. The standard InChI is InChI=1S/C24H33N3O3/c1-17-7-6-10-21(18(17)2)27-16-20(15-22(27)28)24(30)26-13-11-25(12-14-26)23(29)19-8-4-3-5-9-19/h3-5,8-9,17-18,20-21H,6-7,10-16H2,1-2H3/t17-,18-,20-,21+/m1/s1. The Kier molecular flexibility index (Phi) is 6.11. The van der Waals surface area contributed by atoms with Gasteiger partial charge >= 0.3 is 0 Å². The molecule has 30 heavy (non-hydrogen) atoms. The fourth-order valence-corrected chi connectivity index (χ4v) is 5.36. The number of carbonyl (C=O) groups excluding carboxylic acids is 3. The zero-order valence-corrected chi connectivity index (χ0v) is 18.1. The lowest BCUT2D eigenvalue weighted by molar-refractivity contribution is -0.137. The average molecular weight is 412 g/mol. The van der Waals surface area contributed by atoms with Crippen LogP contribution in [0, 0.1) is 17.8 Å². The van der Waals surface area contributed by atoms with E-state index in [1.165, 1.54) is 6.42 Å². The molecule has 2 saturated heterocycles. The van der Waals surface area contributed by atoms with Crippen LogP contribution >= 0.6 is 0 Å². The van der Waals surface area contributed by atoms with E-state index < -0.39 is 0 Å². The van der Waals surface area contributed by atoms with Gasteiger partial charge in [-0.1, -0.05) is 44.9 Å². The molecule has 3 amide bonds. The quantitative estimate of drug-likeness (QED) is 0.768. The second kappa shape index (κ2) is 8.78. The van der Waals surface area contributed by atoms with Crippen molar-refractivity contribution >= 4 is 17.7 Å². The van der Waals surface area contributed by atoms with Crippen LogP contribution in [0.1, 0.15) is 49.9 Å². The molecule has 6 nitrogen and oxygen atoms in total. The van der Waals surface area contributed by atoms with E-state index in [0.717, 1.165) is 12.8 Å². The van der Waals surface area contributed by atoms with Crippen LogP contribution in [-0.4, -0.2) is 71.2 Å². The minimum Gasteiger partial charge on any atom is -0.339 e. The second-order valence-electron chi connectivity index (χ2n) is 9.27. The highest BCUT2D eigenvalue weighted by molar-refractivity contribution is 5.94. The number of piperazine rings is 1. The molecule has 0 unspecified atom stereocenters. The van der Waals surface area contributed by atoms with Gasteiger partial charge in [0.1, 0.15) is 0 Å². The van der Waals surface area contributed by atoms with E-state index in [9.17, 15) is 14.4 Å². The Hall–Kier alpha value is -2.37. The third-order valence-corrected chi connectivity index (χ3v) is 7.47. The zero-order chi connectivity index (χ0) is 21.3. The van der Waals surface area contributed by atoms with Crippen LogP contribution in [0.3, 0.4) is 0 Å². The minimum absolute atomic E-state index is 0.0188. The Bertz CT molecular complexity index is 788. The van der Waals surface area contributed by atoms with Gasteiger partial charge in [-0.05, 0) is 30.4 Å². The number of nitrogens with zero attached hydrogens (tertiary/aromatic N) is 3. The molecule has 4 rings (SSSR count). The maximum Gasteiger partial charge on any atom is 0.253 e. The molecule has 1 saturated carbocycles. The van der Waals surface area contributed by atoms with Crippen LogP contribution < -0.4 is 0 Å². The van der Waals surface area contributed by atoms with E-state index in [0.29, 0.717) is 56.5 Å². The van der Waals surface area contributed by atoms with E-state index >= 15 is 0 Å². The van der Waals surface area contributed by atoms with Crippen molar-refractivity contribution in [3.8, 4) is 0 Å². The molecule has 4 atom stereocenters. The minimum atomic E-state index is -0.238. The number of carbonyl (C=O) groups is 3. The Labute approximate surface area is 179 Å². The smallest absolute Gasteiger partial charge is 0.253 e. The third kappa shape index (κ3) is 4.09. The lowest BCUT2D eigenvalue weighted by Crippen LogP contribution is -2.52. The first-order valence-electron chi connectivity index (χ1n) is 11.4. The zero-order valence-electron chi connectivity index (χ0n) is 18.1. The molecule has 3 fully saturated rings. The van der Waals surface area contributed by atoms with Crippen LogP contribution in [0.25, 0.3) is 0 Å². The van der Waals surface area contributed by atoms with Crippen LogP contribution in [0.4, 0.5) is 0 Å². The summed E-state index contributed by atoms with van der Waals surface area (Å²) in [6, 6.07) is 9.55. The number of likely N-dealkylation sites (tertiary alicyclic amines) is 1. The number of rotatable bonds is 3. The average Bonchev–Trinajstić information content (AvgIpc) is 3.16. The monoisotopic (exact) mass is 411 g/mol. The van der Waals surface area contributed by atoms with Gasteiger partial charge in [0.15, 0.2) is 0 Å². The van der Waals surface area contributed by atoms with Crippen molar-refractivity contribution in [2.24, 2.45) is 17.8 Å². The van der Waals surface area contributed by atoms with Gasteiger partial charge in [-0.2, -0.15) is 0 Å². The van der Waals surface area contributed by atoms with Gasteiger partial charge < -0.3 is 14.7 Å². The second-order valence-corrected chi connectivity index (χ2v) is 9.27. The summed E-state index contributed by atoms with van der Waals surface area (Å²) in [5, 5.41) is 0. The number of hydrogen-bond acceptors (Lipinski definition) is 3. The summed E-state index contributed by atoms with van der Waals surface area (Å²) in [5.41, 5.74) is 0.685. The summed E-state index contributed by atoms with van der Waals surface area (Å²) in [4.78, 5) is 44.1. The SMILES string of the molecule is C[C@@H]1[C@H](C)CCC[C@@H]1N1C[C@H](C(=O)N2CCN(C(=O)c3ccccc3)CC2)CC1=O. The van der Waals surface area contributed by atoms with Crippen molar-refractivity contribution in [3.63, 3.8) is 0 Å². The molecule has 2 aliphatic heterocycles. The number of benzene rings is 1. The third-order valence-electron chi connectivity index (χ3n) is 7.47. The summed E-state index contributed by atoms with van der Waals surface area (Å²) >= 11 is 0. The normalized spacial score (nSPS) is 29.9. The molecule has 2 heterocycles. The van der Waals surface area contributed by atoms with Crippen LogP contribution in [0.2, 0.25) is 0 Å². The molecule has 162 valence electrons. The Morgan fingerprint density at radius 3 is 2.30 bits per heavy atom. The van der Waals surface area contributed by atoms with Gasteiger partial charge in [0.2, 0.25) is 11.8 Å². The first-order valence-corrected chi connectivity index (χ1v) is 11.4. The fraction of sp³-hybridized carbons (Fsp3) is 0.625. The van der Waals surface area contributed by atoms with Crippen molar-refractivity contribution in [2.75, 3.05) is 32.7 Å². The molecule has 1 aromatic carbocycles. The van der Waals surface area contributed by atoms with Gasteiger partial charge in [-0.25, -0.2) is 0 Å². The molecule has 6 heteroatoms. The van der Waals surface area contributed by atoms with E-state index in [1.54, 1.807) is 0 Å². The molecule has 0 bridgehead atoms. The van der Waals surface area contributed by atoms with Crippen LogP contribution in [0.15, 0.2) is 30.3 Å². The van der Waals surface area contributed by atoms with Crippen molar-refractivity contribution in [1.82, 2.24) is 14.7 Å². The Balaban J connectivity index is 1.32. The lowest BCUT2D eigenvalue weighted by atomic mass is 9.77. The predicted molar refractivity (Wildman–Crippen MR) is 115 cm³/mol. The maximum atomic E-state index is 13.1. The van der Waals surface area contributed by atoms with Crippen LogP contribution in [-0.2, 0) is 9.59 Å². The van der Waals surface area contributed by atoms with Gasteiger partial charge in [-0.15, -0.1) is 0 Å². The van der Waals surface area contributed by atoms with Crippen LogP contribution in [0.5, 0.6) is 0 Å². The van der Waals surface area contributed by atoms with Gasteiger partial charge in [-0.3, -0.25) is 14.4 Å². The van der Waals surface area contributed by atoms with E-state index in [1.807, 2.05) is 45.0 Å². The highest BCUT2D eigenvalue weighted by Crippen LogP contribution is 2.36. The highest BCUT2D eigenvalue weighted by atomic mass is 16.2. The Morgan fingerprint density at radius 1 is 0.933 bits per heavy atom. The maximum absolute atomic E-state index is 13.1. The predicted octanol–water partition coefficient (Wildman–Crippen LogP) is 2.64. The molecular weight excluding hydrogens is 378 g/mol. The summed E-state index contributed by atoms with van der Waals surface area (Å²) in [5.74, 6) is 1.11. The highest BCUT2D eigenvalue weighted by Gasteiger charge is 2.43. The fourth-order valence-electron chi connectivity index (χ4n) is 5.36. The summed E-state index contributed by atoms with van der Waals surface area (Å²) in [6.45, 7) is 7.25. The molecule has 3 aliphatic rings.